The van der Waals surface area contributed by atoms with Crippen LogP contribution in [0, 0.1) is 5.92 Å². The lowest BCUT2D eigenvalue weighted by molar-refractivity contribution is 0.277. The first-order valence-electron chi connectivity index (χ1n) is 3.39. The lowest BCUT2D eigenvalue weighted by Gasteiger charge is -2.13. The third kappa shape index (κ3) is 2.64. The van der Waals surface area contributed by atoms with Gasteiger partial charge in [-0.25, -0.2) is 4.39 Å². The average molecular weight is 130 g/mol. The summed E-state index contributed by atoms with van der Waals surface area (Å²) in [4.78, 5) is 0. The van der Waals surface area contributed by atoms with E-state index in [1.807, 2.05) is 13.8 Å². The maximum Gasteiger partial charge on any atom is 0.123 e. The zero-order valence-electron chi connectivity index (χ0n) is 6.45. The number of allylic oxidation sites excluding steroid dienone is 1. The Kier molecular flexibility index (Phi) is 3.52. The summed E-state index contributed by atoms with van der Waals surface area (Å²) in [7, 11) is 0. The van der Waals surface area contributed by atoms with Crippen LogP contribution in [-0.2, 0) is 0 Å². The minimum atomic E-state index is -0.810. The molecule has 0 aromatic carbocycles. The molecule has 2 atom stereocenters. The summed E-state index contributed by atoms with van der Waals surface area (Å²) in [6.45, 7) is 9.17. The Labute approximate surface area is 56.8 Å². The van der Waals surface area contributed by atoms with Gasteiger partial charge in [0, 0.05) is 0 Å². The van der Waals surface area contributed by atoms with Crippen LogP contribution >= 0.6 is 0 Å². The van der Waals surface area contributed by atoms with E-state index in [4.69, 9.17) is 0 Å². The van der Waals surface area contributed by atoms with Crippen molar-refractivity contribution in [2.45, 2.75) is 33.4 Å². The van der Waals surface area contributed by atoms with Crippen LogP contribution in [-0.4, -0.2) is 6.17 Å². The van der Waals surface area contributed by atoms with E-state index in [2.05, 4.69) is 6.58 Å². The highest BCUT2D eigenvalue weighted by atomic mass is 19.1. The molecular formula is C8H15F. The Morgan fingerprint density at radius 1 is 1.67 bits per heavy atom. The summed E-state index contributed by atoms with van der Waals surface area (Å²) in [5.41, 5.74) is 0.643. The molecule has 2 unspecified atom stereocenters. The monoisotopic (exact) mass is 130 g/mol. The summed E-state index contributed by atoms with van der Waals surface area (Å²) < 4.78 is 12.8. The highest BCUT2D eigenvalue weighted by molar-refractivity contribution is 4.98. The molecule has 1 heteroatoms. The molecule has 9 heavy (non-hydrogen) atoms. The van der Waals surface area contributed by atoms with E-state index in [1.54, 1.807) is 6.92 Å². The van der Waals surface area contributed by atoms with Gasteiger partial charge >= 0.3 is 0 Å². The SMILES string of the molecule is C=C(C)C(F)C(C)CC. The lowest BCUT2D eigenvalue weighted by atomic mass is 9.99. The average Bonchev–Trinajstić information content (AvgIpc) is 1.84. The fourth-order valence-corrected chi connectivity index (χ4v) is 0.693. The molecule has 54 valence electrons. The van der Waals surface area contributed by atoms with E-state index >= 15 is 0 Å². The Morgan fingerprint density at radius 3 is 2.22 bits per heavy atom. The largest absolute Gasteiger partial charge is 0.242 e. The van der Waals surface area contributed by atoms with Gasteiger partial charge in [0.2, 0.25) is 0 Å². The fourth-order valence-electron chi connectivity index (χ4n) is 0.693. The summed E-state index contributed by atoms with van der Waals surface area (Å²) >= 11 is 0. The van der Waals surface area contributed by atoms with Gasteiger partial charge in [-0.2, -0.15) is 0 Å². The van der Waals surface area contributed by atoms with Crippen LogP contribution in [0.4, 0.5) is 4.39 Å². The highest BCUT2D eigenvalue weighted by Crippen LogP contribution is 2.16. The molecule has 0 nitrogen and oxygen atoms in total. The zero-order chi connectivity index (χ0) is 7.44. The second-order valence-corrected chi connectivity index (χ2v) is 2.63. The third-order valence-electron chi connectivity index (χ3n) is 1.61. The number of hydrogen-bond donors (Lipinski definition) is 0. The summed E-state index contributed by atoms with van der Waals surface area (Å²) in [6, 6.07) is 0. The fraction of sp³-hybridized carbons (Fsp3) is 0.750. The predicted molar refractivity (Wildman–Crippen MR) is 39.2 cm³/mol. The van der Waals surface area contributed by atoms with Crippen molar-refractivity contribution >= 4 is 0 Å². The predicted octanol–water partition coefficient (Wildman–Crippen LogP) is 2.95. The van der Waals surface area contributed by atoms with Crippen LogP contribution < -0.4 is 0 Å². The molecule has 0 saturated heterocycles. The van der Waals surface area contributed by atoms with E-state index in [0.717, 1.165) is 6.42 Å². The van der Waals surface area contributed by atoms with Crippen LogP contribution in [0.25, 0.3) is 0 Å². The molecule has 0 aromatic rings. The number of halogens is 1. The Bertz CT molecular complexity index is 96.7. The first kappa shape index (κ1) is 8.67. The Hall–Kier alpha value is -0.330. The van der Waals surface area contributed by atoms with E-state index in [9.17, 15) is 4.39 Å². The molecule has 0 amide bonds. The minimum Gasteiger partial charge on any atom is -0.242 e. The quantitative estimate of drug-likeness (QED) is 0.515. The summed E-state index contributed by atoms with van der Waals surface area (Å²) in [5, 5.41) is 0. The van der Waals surface area contributed by atoms with Crippen LogP contribution in [0.2, 0.25) is 0 Å². The van der Waals surface area contributed by atoms with Crippen molar-refractivity contribution in [3.8, 4) is 0 Å². The molecule has 0 bridgehead atoms. The van der Waals surface area contributed by atoms with Crippen molar-refractivity contribution in [1.82, 2.24) is 0 Å². The van der Waals surface area contributed by atoms with Gasteiger partial charge in [-0.1, -0.05) is 26.8 Å². The molecule has 0 radical (unpaired) electrons. The molecule has 0 N–H and O–H groups in total. The van der Waals surface area contributed by atoms with Gasteiger partial charge in [-0.3, -0.25) is 0 Å². The van der Waals surface area contributed by atoms with Gasteiger partial charge in [-0.05, 0) is 18.4 Å². The maximum absolute atomic E-state index is 12.8. The van der Waals surface area contributed by atoms with Gasteiger partial charge in [0.1, 0.15) is 6.17 Å². The molecular weight excluding hydrogens is 115 g/mol. The first-order chi connectivity index (χ1) is 4.09. The van der Waals surface area contributed by atoms with E-state index in [-0.39, 0.29) is 5.92 Å². The van der Waals surface area contributed by atoms with E-state index < -0.39 is 6.17 Å². The molecule has 0 saturated carbocycles. The Morgan fingerprint density at radius 2 is 2.11 bits per heavy atom. The van der Waals surface area contributed by atoms with Crippen molar-refractivity contribution in [2.75, 3.05) is 0 Å². The highest BCUT2D eigenvalue weighted by Gasteiger charge is 2.13. The molecule has 0 fully saturated rings. The van der Waals surface area contributed by atoms with Gasteiger partial charge in [0.15, 0.2) is 0 Å². The number of rotatable bonds is 3. The van der Waals surface area contributed by atoms with Crippen molar-refractivity contribution in [3.63, 3.8) is 0 Å². The van der Waals surface area contributed by atoms with Crippen LogP contribution in [0.3, 0.4) is 0 Å². The van der Waals surface area contributed by atoms with Gasteiger partial charge in [0.05, 0.1) is 0 Å². The second kappa shape index (κ2) is 3.65. The molecule has 0 aliphatic heterocycles. The second-order valence-electron chi connectivity index (χ2n) is 2.63. The molecule has 0 rings (SSSR count). The minimum absolute atomic E-state index is 0.127. The van der Waals surface area contributed by atoms with Crippen molar-refractivity contribution in [2.24, 2.45) is 5.92 Å². The lowest BCUT2D eigenvalue weighted by Crippen LogP contribution is -2.11. The van der Waals surface area contributed by atoms with Gasteiger partial charge in [-0.15, -0.1) is 0 Å². The van der Waals surface area contributed by atoms with Gasteiger partial charge in [0.25, 0.3) is 0 Å². The van der Waals surface area contributed by atoms with Crippen LogP contribution in [0.15, 0.2) is 12.2 Å². The molecule has 0 aromatic heterocycles. The molecule has 0 spiro atoms. The topological polar surface area (TPSA) is 0 Å². The number of hydrogen-bond acceptors (Lipinski definition) is 0. The summed E-state index contributed by atoms with van der Waals surface area (Å²) in [5.74, 6) is 0.127. The zero-order valence-corrected chi connectivity index (χ0v) is 6.45. The van der Waals surface area contributed by atoms with Gasteiger partial charge < -0.3 is 0 Å². The van der Waals surface area contributed by atoms with E-state index in [1.165, 1.54) is 0 Å². The normalized spacial score (nSPS) is 16.9. The third-order valence-corrected chi connectivity index (χ3v) is 1.61. The van der Waals surface area contributed by atoms with Crippen molar-refractivity contribution in [1.29, 1.82) is 0 Å². The smallest absolute Gasteiger partial charge is 0.123 e. The van der Waals surface area contributed by atoms with Crippen LogP contribution in [0.5, 0.6) is 0 Å². The maximum atomic E-state index is 12.8. The van der Waals surface area contributed by atoms with E-state index in [0.29, 0.717) is 5.57 Å². The number of alkyl halides is 1. The first-order valence-corrected chi connectivity index (χ1v) is 3.39. The van der Waals surface area contributed by atoms with Crippen molar-refractivity contribution in [3.05, 3.63) is 12.2 Å². The standard InChI is InChI=1S/C8H15F/c1-5-7(4)8(9)6(2)3/h7-8H,2,5H2,1,3-4H3. The summed E-state index contributed by atoms with van der Waals surface area (Å²) in [6.07, 6.45) is 0.0728. The molecule has 0 aliphatic rings. The molecule has 0 heterocycles. The Balaban J connectivity index is 3.72. The van der Waals surface area contributed by atoms with Crippen molar-refractivity contribution < 1.29 is 4.39 Å². The molecule has 0 aliphatic carbocycles. The van der Waals surface area contributed by atoms with Crippen LogP contribution in [0.1, 0.15) is 27.2 Å².